The molecule has 0 radical (unpaired) electrons. The van der Waals surface area contributed by atoms with Crippen molar-refractivity contribution >= 4 is 11.4 Å². The molecule has 0 aromatic heterocycles. The van der Waals surface area contributed by atoms with Crippen LogP contribution < -0.4 is 0 Å². The number of aliphatic hydroxyl groups excluding tert-OH is 1. The zero-order valence-electron chi connectivity index (χ0n) is 15.0. The minimum absolute atomic E-state index is 0.0625. The highest BCUT2D eigenvalue weighted by molar-refractivity contribution is 6.26. The lowest BCUT2D eigenvalue weighted by atomic mass is 9.83. The van der Waals surface area contributed by atoms with E-state index in [1.54, 1.807) is 0 Å². The minimum Gasteiger partial charge on any atom is -0.511 e. The summed E-state index contributed by atoms with van der Waals surface area (Å²) in [4.78, 5) is 13.3. The molecule has 0 unspecified atom stereocenters. The molecule has 1 saturated carbocycles. The van der Waals surface area contributed by atoms with Gasteiger partial charge >= 0.3 is 0 Å². The van der Waals surface area contributed by atoms with Gasteiger partial charge in [0.25, 0.3) is 0 Å². The highest BCUT2D eigenvalue weighted by Gasteiger charge is 2.58. The Hall–Kier alpha value is -2.09. The van der Waals surface area contributed by atoms with Crippen molar-refractivity contribution in [2.75, 3.05) is 0 Å². The predicted octanol–water partition coefficient (Wildman–Crippen LogP) is 4.85. The van der Waals surface area contributed by atoms with Gasteiger partial charge in [0, 0.05) is 23.7 Å². The van der Waals surface area contributed by atoms with E-state index in [4.69, 9.17) is 0 Å². The normalized spacial score (nSPS) is 30.5. The van der Waals surface area contributed by atoms with E-state index in [-0.39, 0.29) is 29.5 Å². The molecule has 1 aromatic rings. The van der Waals surface area contributed by atoms with Crippen molar-refractivity contribution in [1.29, 1.82) is 0 Å². The van der Waals surface area contributed by atoms with Crippen molar-refractivity contribution < 1.29 is 9.90 Å². The third-order valence-corrected chi connectivity index (χ3v) is 6.03. The number of carbonyl (C=O) groups is 1. The van der Waals surface area contributed by atoms with Gasteiger partial charge in [0.05, 0.1) is 5.57 Å². The summed E-state index contributed by atoms with van der Waals surface area (Å²) >= 11 is 0. The number of Topliss-reactive ketones (excluding diaryl/α,β-unsaturated/α-hetero) is 1. The molecule has 1 aromatic carbocycles. The molecular weight excluding hydrogens is 296 g/mol. The summed E-state index contributed by atoms with van der Waals surface area (Å²) in [6, 6.07) is 4.19. The Labute approximate surface area is 143 Å². The van der Waals surface area contributed by atoms with Gasteiger partial charge in [0.1, 0.15) is 5.76 Å². The van der Waals surface area contributed by atoms with Gasteiger partial charge in [-0.3, -0.25) is 4.79 Å². The van der Waals surface area contributed by atoms with Crippen molar-refractivity contribution in [3.8, 4) is 0 Å². The summed E-state index contributed by atoms with van der Waals surface area (Å²) < 4.78 is 0. The van der Waals surface area contributed by atoms with Gasteiger partial charge in [-0.1, -0.05) is 41.0 Å². The van der Waals surface area contributed by atoms with E-state index < -0.39 is 0 Å². The summed E-state index contributed by atoms with van der Waals surface area (Å²) in [6.07, 6.45) is 4.37. The molecule has 1 fully saturated rings. The van der Waals surface area contributed by atoms with Gasteiger partial charge in [-0.05, 0) is 51.3 Å². The van der Waals surface area contributed by atoms with Crippen LogP contribution in [0.15, 0.2) is 41.2 Å². The quantitative estimate of drug-likeness (QED) is 0.751. The molecule has 124 valence electrons. The van der Waals surface area contributed by atoms with Gasteiger partial charge in [0.2, 0.25) is 0 Å². The monoisotopic (exact) mass is 320 g/mol. The number of carbonyl (C=O) groups excluding carboxylic acids is 1. The fourth-order valence-corrected chi connectivity index (χ4v) is 5.36. The molecular formula is C22H24O2. The maximum Gasteiger partial charge on any atom is 0.171 e. The van der Waals surface area contributed by atoms with Gasteiger partial charge < -0.3 is 5.11 Å². The van der Waals surface area contributed by atoms with Crippen molar-refractivity contribution in [2.45, 2.75) is 34.6 Å². The molecule has 2 bridgehead atoms. The van der Waals surface area contributed by atoms with E-state index in [2.05, 4.69) is 45.1 Å². The third kappa shape index (κ3) is 1.80. The Balaban J connectivity index is 1.89. The molecule has 24 heavy (non-hydrogen) atoms. The molecule has 0 spiro atoms. The second-order valence-corrected chi connectivity index (χ2v) is 7.84. The van der Waals surface area contributed by atoms with E-state index >= 15 is 0 Å². The van der Waals surface area contributed by atoms with E-state index in [1.807, 2.05) is 13.8 Å². The SMILES string of the molecule is CC(C)=C1[C@H]2C=C[C@@H]1[C@@H]1C(O)=C(c3c(C)cc(C)cc3C)C(=O)[C@@H]12. The van der Waals surface area contributed by atoms with Crippen molar-refractivity contribution in [3.63, 3.8) is 0 Å². The summed E-state index contributed by atoms with van der Waals surface area (Å²) in [5, 5.41) is 11.0. The van der Waals surface area contributed by atoms with Crippen LogP contribution in [0.2, 0.25) is 0 Å². The molecule has 4 atom stereocenters. The average molecular weight is 320 g/mol. The van der Waals surface area contributed by atoms with E-state index in [0.29, 0.717) is 11.3 Å². The van der Waals surface area contributed by atoms with Crippen LogP contribution in [-0.4, -0.2) is 10.9 Å². The molecule has 0 saturated heterocycles. The number of hydrogen-bond donors (Lipinski definition) is 1. The van der Waals surface area contributed by atoms with Crippen LogP contribution in [0.5, 0.6) is 0 Å². The highest BCUT2D eigenvalue weighted by Crippen LogP contribution is 2.60. The average Bonchev–Trinajstić information content (AvgIpc) is 3.11. The van der Waals surface area contributed by atoms with Crippen molar-refractivity contribution in [2.24, 2.45) is 23.7 Å². The first-order chi connectivity index (χ1) is 11.3. The van der Waals surface area contributed by atoms with E-state index in [0.717, 1.165) is 16.7 Å². The number of ketones is 1. The topological polar surface area (TPSA) is 37.3 Å². The molecule has 2 heteroatoms. The Morgan fingerprint density at radius 3 is 2.00 bits per heavy atom. The number of rotatable bonds is 1. The molecule has 0 aliphatic heterocycles. The Morgan fingerprint density at radius 2 is 1.50 bits per heavy atom. The zero-order valence-corrected chi connectivity index (χ0v) is 15.0. The lowest BCUT2D eigenvalue weighted by Gasteiger charge is -2.18. The maximum absolute atomic E-state index is 13.3. The van der Waals surface area contributed by atoms with Gasteiger partial charge in [-0.15, -0.1) is 0 Å². The van der Waals surface area contributed by atoms with Crippen LogP contribution in [0.4, 0.5) is 0 Å². The minimum atomic E-state index is -0.111. The number of allylic oxidation sites excluding steroid dienone is 6. The van der Waals surface area contributed by atoms with Crippen LogP contribution in [0.1, 0.15) is 36.1 Å². The van der Waals surface area contributed by atoms with Crippen LogP contribution >= 0.6 is 0 Å². The largest absolute Gasteiger partial charge is 0.511 e. The lowest BCUT2D eigenvalue weighted by Crippen LogP contribution is -2.22. The Morgan fingerprint density at radius 1 is 0.958 bits per heavy atom. The summed E-state index contributed by atoms with van der Waals surface area (Å²) in [7, 11) is 0. The molecule has 2 nitrogen and oxygen atoms in total. The summed E-state index contributed by atoms with van der Waals surface area (Å²) in [5.74, 6) is 0.632. The highest BCUT2D eigenvalue weighted by atomic mass is 16.3. The number of aliphatic hydroxyl groups is 1. The molecule has 3 aliphatic carbocycles. The van der Waals surface area contributed by atoms with Crippen LogP contribution in [0.3, 0.4) is 0 Å². The second kappa shape index (κ2) is 4.95. The molecule has 0 amide bonds. The maximum atomic E-state index is 13.3. The van der Waals surface area contributed by atoms with Gasteiger partial charge in [-0.25, -0.2) is 0 Å². The van der Waals surface area contributed by atoms with Crippen molar-refractivity contribution in [1.82, 2.24) is 0 Å². The van der Waals surface area contributed by atoms with E-state index in [1.165, 1.54) is 16.7 Å². The standard InChI is InChI=1S/C22H24O2/c1-10(2)16-14-6-7-15(16)19-18(14)21(23)20(22(19)24)17-12(4)8-11(3)9-13(17)5/h6-9,14-15,18-19,23H,1-5H3/t14-,15+,18-,19+/m0/s1. The second-order valence-electron chi connectivity index (χ2n) is 7.84. The number of fused-ring (bicyclic) bond motifs is 5. The van der Waals surface area contributed by atoms with Crippen LogP contribution in [0, 0.1) is 44.4 Å². The molecule has 3 aliphatic rings. The van der Waals surface area contributed by atoms with E-state index in [9.17, 15) is 9.90 Å². The third-order valence-electron chi connectivity index (χ3n) is 6.03. The molecule has 0 heterocycles. The number of hydrogen-bond acceptors (Lipinski definition) is 2. The Kier molecular flexibility index (Phi) is 3.19. The van der Waals surface area contributed by atoms with Gasteiger partial charge in [-0.2, -0.15) is 0 Å². The Bertz CT molecular complexity index is 839. The van der Waals surface area contributed by atoms with Crippen molar-refractivity contribution in [3.05, 3.63) is 63.4 Å². The first kappa shape index (κ1) is 15.4. The smallest absolute Gasteiger partial charge is 0.171 e. The number of aryl methyl sites for hydroxylation is 3. The first-order valence-electron chi connectivity index (χ1n) is 8.74. The summed E-state index contributed by atoms with van der Waals surface area (Å²) in [6.45, 7) is 10.4. The predicted molar refractivity (Wildman–Crippen MR) is 96.7 cm³/mol. The van der Waals surface area contributed by atoms with Gasteiger partial charge in [0.15, 0.2) is 5.78 Å². The fourth-order valence-electron chi connectivity index (χ4n) is 5.36. The van der Waals surface area contributed by atoms with Crippen LogP contribution in [0.25, 0.3) is 5.57 Å². The molecule has 4 rings (SSSR count). The fraction of sp³-hybridized carbons (Fsp3) is 0.409. The van der Waals surface area contributed by atoms with Crippen LogP contribution in [-0.2, 0) is 4.79 Å². The lowest BCUT2D eigenvalue weighted by molar-refractivity contribution is -0.117. The molecule has 1 N–H and O–H groups in total. The zero-order chi connectivity index (χ0) is 17.3. The number of benzene rings is 1. The first-order valence-corrected chi connectivity index (χ1v) is 8.74. The summed E-state index contributed by atoms with van der Waals surface area (Å²) in [5.41, 5.74) is 7.49.